The van der Waals surface area contributed by atoms with Crippen LogP contribution in [0.2, 0.25) is 0 Å². The molecule has 0 saturated heterocycles. The normalized spacial score (nSPS) is 12.7. The van der Waals surface area contributed by atoms with E-state index >= 15 is 0 Å². The molecule has 2 N–H and O–H groups in total. The van der Waals surface area contributed by atoms with Crippen LogP contribution in [0.1, 0.15) is 28.3 Å². The molecule has 106 valence electrons. The summed E-state index contributed by atoms with van der Waals surface area (Å²) in [6.07, 6.45) is 0. The maximum absolute atomic E-state index is 6.01. The van der Waals surface area contributed by atoms with E-state index in [0.717, 1.165) is 6.54 Å². The first kappa shape index (κ1) is 14.8. The van der Waals surface area contributed by atoms with Gasteiger partial charge in [0.2, 0.25) is 0 Å². The summed E-state index contributed by atoms with van der Waals surface area (Å²) in [5.41, 5.74) is 11.3. The highest BCUT2D eigenvalue weighted by atomic mass is 15.1. The van der Waals surface area contributed by atoms with Crippen molar-refractivity contribution in [1.82, 2.24) is 4.90 Å². The highest BCUT2D eigenvalue weighted by molar-refractivity contribution is 5.29. The summed E-state index contributed by atoms with van der Waals surface area (Å²) in [7, 11) is 2.14. The van der Waals surface area contributed by atoms with Gasteiger partial charge in [0.25, 0.3) is 0 Å². The monoisotopic (exact) mass is 268 g/mol. The second-order valence-corrected chi connectivity index (χ2v) is 5.51. The molecule has 2 rings (SSSR count). The average Bonchev–Trinajstić information content (AvgIpc) is 2.44. The third-order valence-corrected chi connectivity index (χ3v) is 3.86. The van der Waals surface area contributed by atoms with E-state index in [2.05, 4.69) is 74.3 Å². The Kier molecular flexibility index (Phi) is 4.94. The van der Waals surface area contributed by atoms with Crippen LogP contribution < -0.4 is 5.73 Å². The molecular formula is C18H24N2. The van der Waals surface area contributed by atoms with E-state index in [0.29, 0.717) is 6.54 Å². The molecule has 0 radical (unpaired) electrons. The molecule has 0 spiro atoms. The summed E-state index contributed by atoms with van der Waals surface area (Å²) < 4.78 is 0. The zero-order valence-electron chi connectivity index (χ0n) is 12.6. The van der Waals surface area contributed by atoms with Gasteiger partial charge in [-0.05, 0) is 37.6 Å². The number of nitrogens with two attached hydrogens (primary N) is 1. The van der Waals surface area contributed by atoms with E-state index in [-0.39, 0.29) is 6.04 Å². The first-order valence-corrected chi connectivity index (χ1v) is 7.13. The lowest BCUT2D eigenvalue weighted by molar-refractivity contribution is 0.241. The zero-order valence-corrected chi connectivity index (χ0v) is 12.6. The van der Waals surface area contributed by atoms with Crippen molar-refractivity contribution in [2.45, 2.75) is 26.4 Å². The number of aryl methyl sites for hydroxylation is 2. The second-order valence-electron chi connectivity index (χ2n) is 5.51. The van der Waals surface area contributed by atoms with Crippen LogP contribution in [0.25, 0.3) is 0 Å². The molecule has 20 heavy (non-hydrogen) atoms. The van der Waals surface area contributed by atoms with E-state index in [4.69, 9.17) is 5.73 Å². The fourth-order valence-corrected chi connectivity index (χ4v) is 2.60. The Bertz CT molecular complexity index is 546. The standard InChI is InChI=1S/C18H24N2/c1-14-8-10-16(11-9-14)13-20(3)18(12-19)17-7-5-4-6-15(17)2/h4-11,18H,12-13,19H2,1-3H3. The fraction of sp³-hybridized carbons (Fsp3) is 0.333. The summed E-state index contributed by atoms with van der Waals surface area (Å²) in [5, 5.41) is 0. The van der Waals surface area contributed by atoms with Gasteiger partial charge in [-0.3, -0.25) is 4.90 Å². The van der Waals surface area contributed by atoms with Gasteiger partial charge in [-0.1, -0.05) is 54.1 Å². The lowest BCUT2D eigenvalue weighted by Crippen LogP contribution is -2.30. The fourth-order valence-electron chi connectivity index (χ4n) is 2.60. The van der Waals surface area contributed by atoms with E-state index in [9.17, 15) is 0 Å². The molecule has 0 bridgehead atoms. The summed E-state index contributed by atoms with van der Waals surface area (Å²) in [5.74, 6) is 0. The van der Waals surface area contributed by atoms with E-state index < -0.39 is 0 Å². The zero-order chi connectivity index (χ0) is 14.5. The highest BCUT2D eigenvalue weighted by Crippen LogP contribution is 2.23. The van der Waals surface area contributed by atoms with Crippen molar-refractivity contribution in [3.8, 4) is 0 Å². The Morgan fingerprint density at radius 1 is 1.00 bits per heavy atom. The number of nitrogens with zero attached hydrogens (tertiary/aromatic N) is 1. The van der Waals surface area contributed by atoms with Gasteiger partial charge in [-0.15, -0.1) is 0 Å². The number of hydrogen-bond acceptors (Lipinski definition) is 2. The predicted octanol–water partition coefficient (Wildman–Crippen LogP) is 3.44. The molecule has 2 nitrogen and oxygen atoms in total. The van der Waals surface area contributed by atoms with Crippen LogP contribution in [0.4, 0.5) is 0 Å². The number of benzene rings is 2. The molecule has 2 aromatic rings. The first-order valence-electron chi connectivity index (χ1n) is 7.13. The summed E-state index contributed by atoms with van der Waals surface area (Å²) in [6.45, 7) is 5.81. The molecule has 0 fully saturated rings. The molecule has 0 aliphatic carbocycles. The smallest absolute Gasteiger partial charge is 0.0473 e. The third-order valence-electron chi connectivity index (χ3n) is 3.86. The number of likely N-dealkylation sites (N-methyl/N-ethyl adjacent to an activating group) is 1. The lowest BCUT2D eigenvalue weighted by atomic mass is 10.00. The highest BCUT2D eigenvalue weighted by Gasteiger charge is 2.17. The van der Waals surface area contributed by atoms with Gasteiger partial charge in [0, 0.05) is 19.1 Å². The molecule has 1 unspecified atom stereocenters. The first-order chi connectivity index (χ1) is 9.61. The Labute approximate surface area is 122 Å². The van der Waals surface area contributed by atoms with Crippen molar-refractivity contribution in [3.05, 3.63) is 70.8 Å². The number of hydrogen-bond donors (Lipinski definition) is 1. The molecule has 0 aliphatic rings. The summed E-state index contributed by atoms with van der Waals surface area (Å²) in [6, 6.07) is 17.5. The molecule has 2 aromatic carbocycles. The third kappa shape index (κ3) is 3.47. The lowest BCUT2D eigenvalue weighted by Gasteiger charge is -2.28. The van der Waals surface area contributed by atoms with Crippen LogP contribution in [0.3, 0.4) is 0 Å². The van der Waals surface area contributed by atoms with Crippen LogP contribution in [0, 0.1) is 13.8 Å². The maximum atomic E-state index is 6.01. The van der Waals surface area contributed by atoms with Crippen molar-refractivity contribution < 1.29 is 0 Å². The Morgan fingerprint density at radius 3 is 2.25 bits per heavy atom. The van der Waals surface area contributed by atoms with E-state index in [1.807, 2.05) is 0 Å². The Hall–Kier alpha value is -1.64. The van der Waals surface area contributed by atoms with Crippen molar-refractivity contribution >= 4 is 0 Å². The quantitative estimate of drug-likeness (QED) is 0.900. The molecule has 1 atom stereocenters. The minimum absolute atomic E-state index is 0.262. The van der Waals surface area contributed by atoms with Gasteiger partial charge in [0.15, 0.2) is 0 Å². The van der Waals surface area contributed by atoms with E-state index in [1.54, 1.807) is 0 Å². The molecule has 0 saturated carbocycles. The minimum atomic E-state index is 0.262. The molecule has 0 amide bonds. The largest absolute Gasteiger partial charge is 0.329 e. The maximum Gasteiger partial charge on any atom is 0.0473 e. The second kappa shape index (κ2) is 6.69. The van der Waals surface area contributed by atoms with E-state index in [1.165, 1.54) is 22.3 Å². The molecule has 0 heterocycles. The van der Waals surface area contributed by atoms with Crippen molar-refractivity contribution in [2.24, 2.45) is 5.73 Å². The molecule has 2 heteroatoms. The van der Waals surface area contributed by atoms with Crippen molar-refractivity contribution in [3.63, 3.8) is 0 Å². The van der Waals surface area contributed by atoms with Crippen molar-refractivity contribution in [2.75, 3.05) is 13.6 Å². The van der Waals surface area contributed by atoms with Gasteiger partial charge in [-0.25, -0.2) is 0 Å². The van der Waals surface area contributed by atoms with Crippen LogP contribution in [-0.4, -0.2) is 18.5 Å². The number of rotatable bonds is 5. The summed E-state index contributed by atoms with van der Waals surface area (Å²) >= 11 is 0. The molecular weight excluding hydrogens is 244 g/mol. The van der Waals surface area contributed by atoms with Gasteiger partial charge in [-0.2, -0.15) is 0 Å². The van der Waals surface area contributed by atoms with Gasteiger partial charge in [0.1, 0.15) is 0 Å². The Balaban J connectivity index is 2.15. The van der Waals surface area contributed by atoms with Crippen LogP contribution >= 0.6 is 0 Å². The van der Waals surface area contributed by atoms with Crippen molar-refractivity contribution in [1.29, 1.82) is 0 Å². The predicted molar refractivity (Wildman–Crippen MR) is 85.6 cm³/mol. The average molecular weight is 268 g/mol. The molecule has 0 aromatic heterocycles. The minimum Gasteiger partial charge on any atom is -0.329 e. The van der Waals surface area contributed by atoms with Gasteiger partial charge >= 0.3 is 0 Å². The topological polar surface area (TPSA) is 29.3 Å². The van der Waals surface area contributed by atoms with Crippen LogP contribution in [0.5, 0.6) is 0 Å². The van der Waals surface area contributed by atoms with Crippen LogP contribution in [0.15, 0.2) is 48.5 Å². The van der Waals surface area contributed by atoms with Gasteiger partial charge in [0.05, 0.1) is 0 Å². The van der Waals surface area contributed by atoms with Gasteiger partial charge < -0.3 is 5.73 Å². The Morgan fingerprint density at radius 2 is 1.65 bits per heavy atom. The SMILES string of the molecule is Cc1ccc(CN(C)C(CN)c2ccccc2C)cc1. The van der Waals surface area contributed by atoms with Crippen LogP contribution in [-0.2, 0) is 6.54 Å². The summed E-state index contributed by atoms with van der Waals surface area (Å²) in [4.78, 5) is 2.33. The molecule has 0 aliphatic heterocycles.